The van der Waals surface area contributed by atoms with E-state index in [9.17, 15) is 9.59 Å². The van der Waals surface area contributed by atoms with Gasteiger partial charge in [0.05, 0.1) is 0 Å². The number of carboxylic acid groups (broad SMARTS) is 1. The molecule has 1 N–H and O–H groups in total. The van der Waals surface area contributed by atoms with Gasteiger partial charge in [-0.1, -0.05) is 13.8 Å². The third-order valence-electron chi connectivity index (χ3n) is 4.66. The molecule has 0 aromatic heterocycles. The maximum Gasteiger partial charge on any atom is 0.329 e. The van der Waals surface area contributed by atoms with Crippen LogP contribution in [-0.4, -0.2) is 34.5 Å². The van der Waals surface area contributed by atoms with Gasteiger partial charge in [0.2, 0.25) is 5.91 Å². The Morgan fingerprint density at radius 3 is 2.16 bits per heavy atom. The van der Waals surface area contributed by atoms with Crippen LogP contribution in [0.3, 0.4) is 0 Å². The lowest BCUT2D eigenvalue weighted by Gasteiger charge is -2.36. The van der Waals surface area contributed by atoms with Crippen LogP contribution in [0, 0.1) is 11.3 Å². The Hall–Kier alpha value is -1.06. The fourth-order valence-electron chi connectivity index (χ4n) is 2.50. The van der Waals surface area contributed by atoms with Crippen molar-refractivity contribution in [2.24, 2.45) is 11.3 Å². The molecule has 1 aliphatic rings. The molecule has 1 rings (SSSR count). The van der Waals surface area contributed by atoms with E-state index < -0.39 is 11.5 Å². The van der Waals surface area contributed by atoms with Gasteiger partial charge in [0.1, 0.15) is 5.54 Å². The highest BCUT2D eigenvalue weighted by atomic mass is 16.4. The largest absolute Gasteiger partial charge is 0.480 e. The van der Waals surface area contributed by atoms with Gasteiger partial charge in [-0.15, -0.1) is 0 Å². The van der Waals surface area contributed by atoms with Crippen LogP contribution in [0.4, 0.5) is 0 Å². The molecule has 110 valence electrons. The second-order valence-corrected chi connectivity index (χ2v) is 7.13. The topological polar surface area (TPSA) is 57.6 Å². The first-order valence-corrected chi connectivity index (χ1v) is 7.06. The Kier molecular flexibility index (Phi) is 4.64. The Morgan fingerprint density at radius 2 is 1.74 bits per heavy atom. The van der Waals surface area contributed by atoms with Crippen LogP contribution in [0.1, 0.15) is 59.8 Å². The number of rotatable bonds is 4. The number of likely N-dealkylation sites (N-methyl/N-ethyl adjacent to an activating group) is 1. The van der Waals surface area contributed by atoms with Gasteiger partial charge in [0, 0.05) is 13.5 Å². The fraction of sp³-hybridized carbons (Fsp3) is 0.867. The van der Waals surface area contributed by atoms with E-state index in [4.69, 9.17) is 5.11 Å². The fourth-order valence-corrected chi connectivity index (χ4v) is 2.50. The predicted octanol–water partition coefficient (Wildman–Crippen LogP) is 2.91. The highest BCUT2D eigenvalue weighted by molar-refractivity contribution is 5.86. The van der Waals surface area contributed by atoms with E-state index in [1.54, 1.807) is 20.9 Å². The highest BCUT2D eigenvalue weighted by Gasteiger charge is 2.36. The number of hydrogen-bond donors (Lipinski definition) is 1. The van der Waals surface area contributed by atoms with E-state index in [0.717, 1.165) is 25.7 Å². The van der Waals surface area contributed by atoms with E-state index >= 15 is 0 Å². The molecule has 0 aromatic carbocycles. The van der Waals surface area contributed by atoms with Crippen LogP contribution in [0.2, 0.25) is 0 Å². The molecular weight excluding hydrogens is 242 g/mol. The standard InChI is InChI=1S/C15H27NO3/c1-14(2)8-6-11(7-9-14)10-12(17)16(5)15(3,4)13(18)19/h11H,6-10H2,1-5H3,(H,18,19). The summed E-state index contributed by atoms with van der Waals surface area (Å²) in [6.45, 7) is 7.67. The summed E-state index contributed by atoms with van der Waals surface area (Å²) in [5.41, 5.74) is -0.739. The predicted molar refractivity (Wildman–Crippen MR) is 74.8 cm³/mol. The van der Waals surface area contributed by atoms with Crippen molar-refractivity contribution in [2.75, 3.05) is 7.05 Å². The van der Waals surface area contributed by atoms with Crippen molar-refractivity contribution in [2.45, 2.75) is 65.3 Å². The molecule has 0 unspecified atom stereocenters. The summed E-state index contributed by atoms with van der Waals surface area (Å²) in [4.78, 5) is 24.7. The molecule has 1 aliphatic carbocycles. The van der Waals surface area contributed by atoms with E-state index in [0.29, 0.717) is 17.8 Å². The van der Waals surface area contributed by atoms with E-state index in [-0.39, 0.29) is 5.91 Å². The molecule has 0 heterocycles. The molecule has 0 spiro atoms. The molecule has 4 heteroatoms. The third kappa shape index (κ3) is 3.95. The van der Waals surface area contributed by atoms with E-state index in [2.05, 4.69) is 13.8 Å². The monoisotopic (exact) mass is 269 g/mol. The van der Waals surface area contributed by atoms with Crippen LogP contribution in [0.15, 0.2) is 0 Å². The second-order valence-electron chi connectivity index (χ2n) is 7.13. The van der Waals surface area contributed by atoms with Gasteiger partial charge in [-0.05, 0) is 50.9 Å². The Labute approximate surface area is 116 Å². The molecule has 0 atom stereocenters. The maximum absolute atomic E-state index is 12.2. The zero-order valence-electron chi connectivity index (χ0n) is 12.8. The summed E-state index contributed by atoms with van der Waals surface area (Å²) in [6, 6.07) is 0. The summed E-state index contributed by atoms with van der Waals surface area (Å²) < 4.78 is 0. The molecule has 0 aliphatic heterocycles. The zero-order chi connectivity index (χ0) is 14.8. The van der Waals surface area contributed by atoms with Crippen molar-refractivity contribution in [3.8, 4) is 0 Å². The molecule has 0 bridgehead atoms. The third-order valence-corrected chi connectivity index (χ3v) is 4.66. The van der Waals surface area contributed by atoms with E-state index in [1.807, 2.05) is 0 Å². The van der Waals surface area contributed by atoms with Gasteiger partial charge in [-0.2, -0.15) is 0 Å². The quantitative estimate of drug-likeness (QED) is 0.853. The van der Waals surface area contributed by atoms with Gasteiger partial charge in [0.25, 0.3) is 0 Å². The van der Waals surface area contributed by atoms with Crippen LogP contribution in [0.25, 0.3) is 0 Å². The first-order chi connectivity index (χ1) is 8.56. The van der Waals surface area contributed by atoms with Crippen LogP contribution in [0.5, 0.6) is 0 Å². The van der Waals surface area contributed by atoms with Crippen LogP contribution in [-0.2, 0) is 9.59 Å². The van der Waals surface area contributed by atoms with E-state index in [1.165, 1.54) is 4.90 Å². The van der Waals surface area contributed by atoms with Crippen molar-refractivity contribution in [3.05, 3.63) is 0 Å². The lowest BCUT2D eigenvalue weighted by atomic mass is 9.72. The number of amides is 1. The molecular formula is C15H27NO3. The van der Waals surface area contributed by atoms with Crippen molar-refractivity contribution < 1.29 is 14.7 Å². The summed E-state index contributed by atoms with van der Waals surface area (Å²) in [5.74, 6) is -0.613. The smallest absolute Gasteiger partial charge is 0.329 e. The minimum absolute atomic E-state index is 0.0582. The number of aliphatic carboxylic acids is 1. The van der Waals surface area contributed by atoms with Gasteiger partial charge >= 0.3 is 5.97 Å². The Balaban J connectivity index is 2.54. The van der Waals surface area contributed by atoms with Crippen LogP contribution < -0.4 is 0 Å². The summed E-state index contributed by atoms with van der Waals surface area (Å²) in [7, 11) is 1.59. The Bertz CT molecular complexity index is 350. The number of carboxylic acids is 1. The molecule has 4 nitrogen and oxygen atoms in total. The molecule has 0 saturated heterocycles. The molecule has 19 heavy (non-hydrogen) atoms. The zero-order valence-corrected chi connectivity index (χ0v) is 12.8. The van der Waals surface area contributed by atoms with Crippen molar-refractivity contribution in [1.82, 2.24) is 4.90 Å². The first kappa shape index (κ1) is 16.0. The average molecular weight is 269 g/mol. The van der Waals surface area contributed by atoms with Gasteiger partial charge < -0.3 is 10.0 Å². The summed E-state index contributed by atoms with van der Waals surface area (Å²) in [6.07, 6.45) is 4.91. The molecule has 1 amide bonds. The highest BCUT2D eigenvalue weighted by Crippen LogP contribution is 2.39. The number of carbonyl (C=O) groups is 2. The number of carbonyl (C=O) groups excluding carboxylic acids is 1. The van der Waals surface area contributed by atoms with Gasteiger partial charge in [-0.3, -0.25) is 4.79 Å². The summed E-state index contributed by atoms with van der Waals surface area (Å²) in [5, 5.41) is 9.14. The minimum atomic E-state index is -1.13. The number of nitrogens with zero attached hydrogens (tertiary/aromatic N) is 1. The molecule has 0 aromatic rings. The lowest BCUT2D eigenvalue weighted by molar-refractivity contribution is -0.155. The molecule has 1 fully saturated rings. The van der Waals surface area contributed by atoms with Gasteiger partial charge in [0.15, 0.2) is 0 Å². The van der Waals surface area contributed by atoms with Crippen LogP contribution >= 0.6 is 0 Å². The average Bonchev–Trinajstić information content (AvgIpc) is 2.30. The van der Waals surface area contributed by atoms with Crippen molar-refractivity contribution in [1.29, 1.82) is 0 Å². The maximum atomic E-state index is 12.2. The van der Waals surface area contributed by atoms with Crippen molar-refractivity contribution in [3.63, 3.8) is 0 Å². The normalized spacial score (nSPS) is 20.1. The number of hydrogen-bond acceptors (Lipinski definition) is 2. The Morgan fingerprint density at radius 1 is 1.26 bits per heavy atom. The summed E-state index contributed by atoms with van der Waals surface area (Å²) >= 11 is 0. The van der Waals surface area contributed by atoms with Crippen molar-refractivity contribution >= 4 is 11.9 Å². The first-order valence-electron chi connectivity index (χ1n) is 7.06. The van der Waals surface area contributed by atoms with Gasteiger partial charge in [-0.25, -0.2) is 4.79 Å². The molecule has 0 radical (unpaired) electrons. The SMILES string of the molecule is CN(C(=O)CC1CCC(C)(C)CC1)C(C)(C)C(=O)O. The molecule has 1 saturated carbocycles. The minimum Gasteiger partial charge on any atom is -0.480 e. The lowest BCUT2D eigenvalue weighted by Crippen LogP contribution is -2.51. The second kappa shape index (κ2) is 5.51.